The first-order valence-electron chi connectivity index (χ1n) is 8.33. The lowest BCUT2D eigenvalue weighted by molar-refractivity contribution is -0.132. The molecule has 0 aliphatic carbocycles. The number of carbonyl (C=O) groups excluding carboxylic acids is 1. The van der Waals surface area contributed by atoms with Crippen molar-refractivity contribution < 1.29 is 4.79 Å². The highest BCUT2D eigenvalue weighted by Gasteiger charge is 2.39. The zero-order valence-corrected chi connectivity index (χ0v) is 14.1. The maximum atomic E-state index is 12.4. The fourth-order valence-electron chi connectivity index (χ4n) is 3.09. The summed E-state index contributed by atoms with van der Waals surface area (Å²) in [4.78, 5) is 14.7. The second kappa shape index (κ2) is 7.41. The zero-order valence-electron chi connectivity index (χ0n) is 14.1. The molecular formula is C20H23N3O. The molecule has 1 heterocycles. The van der Waals surface area contributed by atoms with Gasteiger partial charge in [-0.25, -0.2) is 5.43 Å². The Labute approximate surface area is 143 Å². The first kappa shape index (κ1) is 16.4. The predicted molar refractivity (Wildman–Crippen MR) is 96.8 cm³/mol. The van der Waals surface area contributed by atoms with Crippen molar-refractivity contribution in [3.05, 3.63) is 71.8 Å². The molecule has 1 aliphatic heterocycles. The Morgan fingerprint density at radius 3 is 2.00 bits per heavy atom. The van der Waals surface area contributed by atoms with E-state index in [0.717, 1.165) is 18.7 Å². The van der Waals surface area contributed by atoms with Gasteiger partial charge in [-0.2, -0.15) is 5.10 Å². The van der Waals surface area contributed by atoms with Crippen LogP contribution in [-0.2, 0) is 4.79 Å². The Morgan fingerprint density at radius 1 is 1.04 bits per heavy atom. The molecule has 1 atom stereocenters. The molecule has 0 spiro atoms. The Bertz CT molecular complexity index is 669. The number of carbonyl (C=O) groups is 1. The Hall–Kier alpha value is -2.46. The number of nitrogens with one attached hydrogen (secondary N) is 1. The highest BCUT2D eigenvalue weighted by Crippen LogP contribution is 2.35. The molecule has 2 aromatic rings. The largest absolute Gasteiger partial charge is 0.281 e. The lowest BCUT2D eigenvalue weighted by Gasteiger charge is -2.45. The standard InChI is InChI=1S/C20H23N3O/c1-15(2)21-22-20(24)18-13-14-23(18)19(16-9-5-3-6-10-16)17-11-7-4-8-12-17/h3-12,18-19H,13-14H2,1-2H3,(H,22,24)/t18-/m0/s1. The number of hydrogen-bond donors (Lipinski definition) is 1. The summed E-state index contributed by atoms with van der Waals surface area (Å²) in [7, 11) is 0. The van der Waals surface area contributed by atoms with Crippen LogP contribution in [0.15, 0.2) is 65.8 Å². The smallest absolute Gasteiger partial charge is 0.257 e. The first-order valence-corrected chi connectivity index (χ1v) is 8.33. The third kappa shape index (κ3) is 3.54. The van der Waals surface area contributed by atoms with Gasteiger partial charge >= 0.3 is 0 Å². The highest BCUT2D eigenvalue weighted by atomic mass is 16.2. The molecular weight excluding hydrogens is 298 g/mol. The molecule has 0 unspecified atom stereocenters. The summed E-state index contributed by atoms with van der Waals surface area (Å²) in [6, 6.07) is 20.7. The lowest BCUT2D eigenvalue weighted by atomic mass is 9.90. The fraction of sp³-hybridized carbons (Fsp3) is 0.300. The molecule has 4 nitrogen and oxygen atoms in total. The maximum absolute atomic E-state index is 12.4. The van der Waals surface area contributed by atoms with Gasteiger partial charge in [0.25, 0.3) is 5.91 Å². The van der Waals surface area contributed by atoms with Gasteiger partial charge in [0.15, 0.2) is 0 Å². The normalized spacial score (nSPS) is 17.2. The SMILES string of the molecule is CC(C)=NNC(=O)[C@@H]1CCN1C(c1ccccc1)c1ccccc1. The van der Waals surface area contributed by atoms with Crippen LogP contribution in [0.25, 0.3) is 0 Å². The van der Waals surface area contributed by atoms with E-state index in [2.05, 4.69) is 39.7 Å². The van der Waals surface area contributed by atoms with Crippen molar-refractivity contribution >= 4 is 11.6 Å². The second-order valence-corrected chi connectivity index (χ2v) is 6.30. The van der Waals surface area contributed by atoms with E-state index in [1.807, 2.05) is 50.2 Å². The highest BCUT2D eigenvalue weighted by molar-refractivity contribution is 5.85. The minimum atomic E-state index is -0.140. The van der Waals surface area contributed by atoms with Crippen LogP contribution >= 0.6 is 0 Å². The topological polar surface area (TPSA) is 44.7 Å². The van der Waals surface area contributed by atoms with Gasteiger partial charge in [0, 0.05) is 12.3 Å². The third-order valence-electron chi connectivity index (χ3n) is 4.32. The van der Waals surface area contributed by atoms with Gasteiger partial charge in [0.05, 0.1) is 12.1 Å². The van der Waals surface area contributed by atoms with E-state index < -0.39 is 0 Å². The molecule has 0 radical (unpaired) electrons. The molecule has 1 fully saturated rings. The minimum absolute atomic E-state index is 0.0284. The molecule has 24 heavy (non-hydrogen) atoms. The molecule has 1 amide bonds. The third-order valence-corrected chi connectivity index (χ3v) is 4.32. The first-order chi connectivity index (χ1) is 11.7. The summed E-state index contributed by atoms with van der Waals surface area (Å²) in [6.45, 7) is 4.65. The van der Waals surface area contributed by atoms with Crippen LogP contribution in [-0.4, -0.2) is 29.1 Å². The summed E-state index contributed by atoms with van der Waals surface area (Å²) < 4.78 is 0. The van der Waals surface area contributed by atoms with Crippen molar-refractivity contribution in [2.75, 3.05) is 6.54 Å². The van der Waals surface area contributed by atoms with Crippen LogP contribution in [0.1, 0.15) is 37.4 Å². The van der Waals surface area contributed by atoms with Gasteiger partial charge < -0.3 is 0 Å². The van der Waals surface area contributed by atoms with Crippen LogP contribution in [0, 0.1) is 0 Å². The number of likely N-dealkylation sites (tertiary alicyclic amines) is 1. The zero-order chi connectivity index (χ0) is 16.9. The van der Waals surface area contributed by atoms with Crippen molar-refractivity contribution in [2.45, 2.75) is 32.4 Å². The van der Waals surface area contributed by atoms with Gasteiger partial charge in [0.2, 0.25) is 0 Å². The van der Waals surface area contributed by atoms with Gasteiger partial charge in [-0.3, -0.25) is 9.69 Å². The monoisotopic (exact) mass is 321 g/mol. The number of benzene rings is 2. The molecule has 3 rings (SSSR count). The molecule has 0 saturated carbocycles. The van der Waals surface area contributed by atoms with Gasteiger partial charge in [0.1, 0.15) is 0 Å². The predicted octanol–water partition coefficient (Wildman–Crippen LogP) is 3.36. The summed E-state index contributed by atoms with van der Waals surface area (Å²) in [6.07, 6.45) is 0.861. The van der Waals surface area contributed by atoms with Crippen molar-refractivity contribution in [1.82, 2.24) is 10.3 Å². The Morgan fingerprint density at radius 2 is 1.58 bits per heavy atom. The number of rotatable bonds is 5. The maximum Gasteiger partial charge on any atom is 0.257 e. The molecule has 1 saturated heterocycles. The van der Waals surface area contributed by atoms with Crippen molar-refractivity contribution in [2.24, 2.45) is 5.10 Å². The minimum Gasteiger partial charge on any atom is -0.281 e. The molecule has 1 N–H and O–H groups in total. The van der Waals surface area contributed by atoms with E-state index in [-0.39, 0.29) is 18.0 Å². The van der Waals surface area contributed by atoms with E-state index in [1.54, 1.807) is 0 Å². The lowest BCUT2D eigenvalue weighted by Crippen LogP contribution is -2.56. The molecule has 0 aromatic heterocycles. The Kier molecular flexibility index (Phi) is 5.06. The summed E-state index contributed by atoms with van der Waals surface area (Å²) in [5.41, 5.74) is 5.93. The number of nitrogens with zero attached hydrogens (tertiary/aromatic N) is 2. The number of hydrazone groups is 1. The van der Waals surface area contributed by atoms with Crippen molar-refractivity contribution in [3.8, 4) is 0 Å². The fourth-order valence-corrected chi connectivity index (χ4v) is 3.09. The molecule has 1 aliphatic rings. The summed E-state index contributed by atoms with van der Waals surface area (Å²) in [5, 5.41) is 4.06. The van der Waals surface area contributed by atoms with Gasteiger partial charge in [-0.15, -0.1) is 0 Å². The van der Waals surface area contributed by atoms with Crippen LogP contribution in [0.5, 0.6) is 0 Å². The molecule has 2 aromatic carbocycles. The Balaban J connectivity index is 1.87. The van der Waals surface area contributed by atoms with E-state index in [4.69, 9.17) is 0 Å². The van der Waals surface area contributed by atoms with Crippen molar-refractivity contribution in [1.29, 1.82) is 0 Å². The van der Waals surface area contributed by atoms with E-state index in [1.165, 1.54) is 11.1 Å². The quantitative estimate of drug-likeness (QED) is 0.678. The van der Waals surface area contributed by atoms with E-state index >= 15 is 0 Å². The van der Waals surface area contributed by atoms with Crippen molar-refractivity contribution in [3.63, 3.8) is 0 Å². The number of hydrogen-bond acceptors (Lipinski definition) is 3. The van der Waals surface area contributed by atoms with E-state index in [0.29, 0.717) is 0 Å². The second-order valence-electron chi connectivity index (χ2n) is 6.30. The van der Waals surface area contributed by atoms with Crippen LogP contribution < -0.4 is 5.43 Å². The van der Waals surface area contributed by atoms with Crippen LogP contribution in [0.3, 0.4) is 0 Å². The average molecular weight is 321 g/mol. The molecule has 124 valence electrons. The van der Waals surface area contributed by atoms with E-state index in [9.17, 15) is 4.79 Å². The average Bonchev–Trinajstić information content (AvgIpc) is 2.58. The summed E-state index contributed by atoms with van der Waals surface area (Å²) >= 11 is 0. The van der Waals surface area contributed by atoms with Gasteiger partial charge in [-0.1, -0.05) is 60.7 Å². The molecule has 0 bridgehead atoms. The van der Waals surface area contributed by atoms with Gasteiger partial charge in [-0.05, 0) is 31.4 Å². The van der Waals surface area contributed by atoms with Crippen LogP contribution in [0.4, 0.5) is 0 Å². The summed E-state index contributed by atoms with van der Waals surface area (Å²) in [5.74, 6) is -0.0284. The molecule has 4 heteroatoms. The number of amides is 1. The van der Waals surface area contributed by atoms with Crippen LogP contribution in [0.2, 0.25) is 0 Å².